The highest BCUT2D eigenvalue weighted by Crippen LogP contribution is 2.23. The summed E-state index contributed by atoms with van der Waals surface area (Å²) in [6.45, 7) is 0.145. The smallest absolute Gasteiger partial charge is 0.138 e. The van der Waals surface area contributed by atoms with Gasteiger partial charge in [0.05, 0.1) is 26.3 Å². The van der Waals surface area contributed by atoms with Crippen molar-refractivity contribution < 1.29 is 9.47 Å². The van der Waals surface area contributed by atoms with Crippen LogP contribution in [0.1, 0.15) is 5.56 Å². The number of rotatable bonds is 3. The van der Waals surface area contributed by atoms with Gasteiger partial charge in [-0.25, -0.2) is 0 Å². The van der Waals surface area contributed by atoms with Gasteiger partial charge in [-0.3, -0.25) is 0 Å². The molecule has 0 spiro atoms. The molecule has 0 aliphatic rings. The van der Waals surface area contributed by atoms with Crippen LogP contribution in [0.3, 0.4) is 0 Å². The van der Waals surface area contributed by atoms with E-state index in [9.17, 15) is 0 Å². The van der Waals surface area contributed by atoms with Crippen LogP contribution in [-0.2, 0) is 0 Å². The Kier molecular flexibility index (Phi) is 4.58. The van der Waals surface area contributed by atoms with Crippen LogP contribution >= 0.6 is 0 Å². The van der Waals surface area contributed by atoms with Crippen LogP contribution in [0.15, 0.2) is 23.3 Å². The molecule has 82 valence electrons. The molecule has 1 aromatic rings. The highest BCUT2D eigenvalue weighted by Gasteiger charge is 2.01. The van der Waals surface area contributed by atoms with Gasteiger partial charge in [-0.15, -0.1) is 0 Å². The van der Waals surface area contributed by atoms with Crippen LogP contribution < -0.4 is 9.47 Å². The standard InChI is InChI=1S/C11H11N3O2/c1-15-10-6-5-9(11(8-10)16-2)4-3-7-13-14-12/h5-6,8H,7H2,1-2H3. The third-order valence-electron chi connectivity index (χ3n) is 1.84. The molecule has 0 fully saturated rings. The molecule has 5 nitrogen and oxygen atoms in total. The monoisotopic (exact) mass is 217 g/mol. The molecule has 0 saturated heterocycles. The van der Waals surface area contributed by atoms with Crippen molar-refractivity contribution in [3.8, 4) is 23.3 Å². The molecule has 0 bridgehead atoms. The zero-order chi connectivity index (χ0) is 11.8. The van der Waals surface area contributed by atoms with Gasteiger partial charge in [-0.05, 0) is 17.7 Å². The number of nitrogens with zero attached hydrogens (tertiary/aromatic N) is 3. The Balaban J connectivity index is 2.93. The van der Waals surface area contributed by atoms with Gasteiger partial charge in [0.25, 0.3) is 0 Å². The fourth-order valence-electron chi connectivity index (χ4n) is 1.10. The molecular weight excluding hydrogens is 206 g/mol. The van der Waals surface area contributed by atoms with Crippen LogP contribution in [-0.4, -0.2) is 20.8 Å². The summed E-state index contributed by atoms with van der Waals surface area (Å²) in [6.07, 6.45) is 0. The maximum atomic E-state index is 8.08. The van der Waals surface area contributed by atoms with Crippen LogP contribution in [0.25, 0.3) is 10.4 Å². The lowest BCUT2D eigenvalue weighted by atomic mass is 10.2. The maximum Gasteiger partial charge on any atom is 0.138 e. The molecule has 5 heteroatoms. The first-order valence-electron chi connectivity index (χ1n) is 4.53. The minimum atomic E-state index is 0.145. The highest BCUT2D eigenvalue weighted by molar-refractivity contribution is 5.49. The normalized spacial score (nSPS) is 8.38. The van der Waals surface area contributed by atoms with Gasteiger partial charge in [0.1, 0.15) is 11.5 Å². The van der Waals surface area contributed by atoms with Crippen LogP contribution in [0.4, 0.5) is 0 Å². The van der Waals surface area contributed by atoms with Crippen molar-refractivity contribution in [2.45, 2.75) is 0 Å². The summed E-state index contributed by atoms with van der Waals surface area (Å²) < 4.78 is 10.2. The second-order valence-electron chi connectivity index (χ2n) is 2.76. The van der Waals surface area contributed by atoms with Gasteiger partial charge in [-0.2, -0.15) is 0 Å². The van der Waals surface area contributed by atoms with Gasteiger partial charge in [0.2, 0.25) is 0 Å². The lowest BCUT2D eigenvalue weighted by Crippen LogP contribution is -1.90. The number of ether oxygens (including phenoxy) is 2. The molecule has 0 aliphatic carbocycles. The van der Waals surface area contributed by atoms with E-state index in [4.69, 9.17) is 15.0 Å². The molecule has 16 heavy (non-hydrogen) atoms. The Morgan fingerprint density at radius 3 is 2.81 bits per heavy atom. The fourth-order valence-corrected chi connectivity index (χ4v) is 1.10. The molecule has 0 amide bonds. The Labute approximate surface area is 93.6 Å². The number of hydrogen-bond donors (Lipinski definition) is 0. The van der Waals surface area contributed by atoms with Crippen molar-refractivity contribution in [2.24, 2.45) is 5.11 Å². The average Bonchev–Trinajstić information content (AvgIpc) is 2.34. The number of benzene rings is 1. The van der Waals surface area contributed by atoms with E-state index in [1.807, 2.05) is 0 Å². The highest BCUT2D eigenvalue weighted by atomic mass is 16.5. The Hall–Kier alpha value is -2.31. The molecule has 1 rings (SSSR count). The van der Waals surface area contributed by atoms with E-state index in [0.29, 0.717) is 11.5 Å². The summed E-state index contributed by atoms with van der Waals surface area (Å²) in [5, 5.41) is 3.32. The Bertz CT molecular complexity index is 468. The largest absolute Gasteiger partial charge is 0.497 e. The molecule has 0 radical (unpaired) electrons. The van der Waals surface area contributed by atoms with E-state index in [2.05, 4.69) is 21.9 Å². The minimum Gasteiger partial charge on any atom is -0.497 e. The van der Waals surface area contributed by atoms with E-state index in [0.717, 1.165) is 5.56 Å². The van der Waals surface area contributed by atoms with Crippen molar-refractivity contribution in [1.82, 2.24) is 0 Å². The summed E-state index contributed by atoms with van der Waals surface area (Å²) >= 11 is 0. The summed E-state index contributed by atoms with van der Waals surface area (Å²) in [7, 11) is 3.15. The lowest BCUT2D eigenvalue weighted by Gasteiger charge is -2.05. The van der Waals surface area contributed by atoms with Crippen LogP contribution in [0, 0.1) is 11.8 Å². The van der Waals surface area contributed by atoms with Crippen LogP contribution in [0.5, 0.6) is 11.5 Å². The minimum absolute atomic E-state index is 0.145. The van der Waals surface area contributed by atoms with E-state index >= 15 is 0 Å². The zero-order valence-corrected chi connectivity index (χ0v) is 9.10. The molecule has 0 saturated carbocycles. The molecule has 0 aliphatic heterocycles. The SMILES string of the molecule is COc1ccc(C#CCN=[N+]=[N-])c(OC)c1. The lowest BCUT2D eigenvalue weighted by molar-refractivity contribution is 0.393. The molecule has 0 heterocycles. The van der Waals surface area contributed by atoms with Crippen molar-refractivity contribution in [3.63, 3.8) is 0 Å². The van der Waals surface area contributed by atoms with Crippen LogP contribution in [0.2, 0.25) is 0 Å². The molecule has 0 N–H and O–H groups in total. The first-order valence-corrected chi connectivity index (χ1v) is 4.53. The Morgan fingerprint density at radius 2 is 2.19 bits per heavy atom. The summed E-state index contributed by atoms with van der Waals surface area (Å²) in [6, 6.07) is 5.33. The van der Waals surface area contributed by atoms with Crippen molar-refractivity contribution >= 4 is 0 Å². The van der Waals surface area contributed by atoms with E-state index in [1.165, 1.54) is 0 Å². The van der Waals surface area contributed by atoms with E-state index in [1.54, 1.807) is 32.4 Å². The third kappa shape index (κ3) is 3.12. The first kappa shape index (κ1) is 11.8. The van der Waals surface area contributed by atoms with Gasteiger partial charge in [-0.1, -0.05) is 17.0 Å². The second kappa shape index (κ2) is 6.23. The van der Waals surface area contributed by atoms with Gasteiger partial charge in [0, 0.05) is 11.0 Å². The second-order valence-corrected chi connectivity index (χ2v) is 2.76. The van der Waals surface area contributed by atoms with Crippen molar-refractivity contribution in [3.05, 3.63) is 34.2 Å². The fraction of sp³-hybridized carbons (Fsp3) is 0.273. The van der Waals surface area contributed by atoms with Crippen molar-refractivity contribution in [2.75, 3.05) is 20.8 Å². The van der Waals surface area contributed by atoms with E-state index in [-0.39, 0.29) is 6.54 Å². The number of methoxy groups -OCH3 is 2. The number of azide groups is 1. The molecule has 1 aromatic carbocycles. The topological polar surface area (TPSA) is 67.2 Å². The molecule has 0 unspecified atom stereocenters. The average molecular weight is 217 g/mol. The number of hydrogen-bond acceptors (Lipinski definition) is 3. The molecule has 0 atom stereocenters. The maximum absolute atomic E-state index is 8.08. The van der Waals surface area contributed by atoms with Gasteiger partial charge >= 0.3 is 0 Å². The zero-order valence-electron chi connectivity index (χ0n) is 9.10. The quantitative estimate of drug-likeness (QED) is 0.337. The molecular formula is C11H11N3O2. The van der Waals surface area contributed by atoms with E-state index < -0.39 is 0 Å². The first-order chi connectivity index (χ1) is 7.81. The molecule has 0 aromatic heterocycles. The predicted octanol–water partition coefficient (Wildman–Crippen LogP) is 2.37. The van der Waals surface area contributed by atoms with Gasteiger partial charge < -0.3 is 9.47 Å². The summed E-state index contributed by atoms with van der Waals surface area (Å²) in [5.41, 5.74) is 8.81. The summed E-state index contributed by atoms with van der Waals surface area (Å²) in [5.74, 6) is 6.92. The Morgan fingerprint density at radius 1 is 1.38 bits per heavy atom. The summed E-state index contributed by atoms with van der Waals surface area (Å²) in [4.78, 5) is 2.61. The van der Waals surface area contributed by atoms with Crippen molar-refractivity contribution in [1.29, 1.82) is 0 Å². The van der Waals surface area contributed by atoms with Gasteiger partial charge in [0.15, 0.2) is 0 Å². The third-order valence-corrected chi connectivity index (χ3v) is 1.84. The predicted molar refractivity (Wildman–Crippen MR) is 60.4 cm³/mol.